The van der Waals surface area contributed by atoms with E-state index in [-0.39, 0.29) is 24.4 Å². The van der Waals surface area contributed by atoms with E-state index in [0.717, 1.165) is 16.7 Å². The van der Waals surface area contributed by atoms with Crippen LogP contribution in [0, 0.1) is 12.8 Å². The molecule has 9 heteroatoms. The van der Waals surface area contributed by atoms with E-state index < -0.39 is 34.1 Å². The van der Waals surface area contributed by atoms with Gasteiger partial charge in [-0.2, -0.15) is 4.72 Å². The van der Waals surface area contributed by atoms with Crippen molar-refractivity contribution in [3.63, 3.8) is 0 Å². The third-order valence-corrected chi connectivity index (χ3v) is 7.69. The van der Waals surface area contributed by atoms with E-state index in [1.54, 1.807) is 19.1 Å². The van der Waals surface area contributed by atoms with E-state index in [1.165, 1.54) is 12.1 Å². The molecule has 2 bridgehead atoms. The maximum atomic E-state index is 13.1. The van der Waals surface area contributed by atoms with E-state index in [0.29, 0.717) is 24.3 Å². The Morgan fingerprint density at radius 2 is 1.91 bits per heavy atom. The third kappa shape index (κ3) is 3.74. The van der Waals surface area contributed by atoms with Gasteiger partial charge in [0.15, 0.2) is 11.5 Å². The Bertz CT molecular complexity index is 1150. The standard InChI is InChI=1S/C23H25NO7S/c1-3-28-23(25)21(24-32(26,27)16-6-4-13(2)5-7-16)18-10-15-8-14-9-19-20(30-12-29-19)11-17(14)22(18)31-15/h4-7,9,11,15,18,21-22,24H,3,8,10,12H2,1-2H3/t15-,18+,21+,22+/m1/s1. The maximum absolute atomic E-state index is 13.1. The van der Waals surface area contributed by atoms with Gasteiger partial charge in [0.05, 0.1) is 23.7 Å². The monoisotopic (exact) mass is 459 g/mol. The highest BCUT2D eigenvalue weighted by molar-refractivity contribution is 7.89. The number of hydrogen-bond donors (Lipinski definition) is 1. The summed E-state index contributed by atoms with van der Waals surface area (Å²) < 4.78 is 51.3. The van der Waals surface area contributed by atoms with E-state index in [1.807, 2.05) is 19.1 Å². The molecule has 0 spiro atoms. The molecule has 0 unspecified atom stereocenters. The molecule has 4 atom stereocenters. The predicted octanol–water partition coefficient (Wildman–Crippen LogP) is 2.64. The zero-order valence-electron chi connectivity index (χ0n) is 17.9. The molecule has 1 fully saturated rings. The van der Waals surface area contributed by atoms with Gasteiger partial charge in [-0.25, -0.2) is 8.42 Å². The van der Waals surface area contributed by atoms with Crippen LogP contribution in [0.15, 0.2) is 41.3 Å². The van der Waals surface area contributed by atoms with Gasteiger partial charge in [0.25, 0.3) is 0 Å². The molecule has 0 saturated carbocycles. The molecule has 3 aliphatic rings. The molecule has 8 nitrogen and oxygen atoms in total. The van der Waals surface area contributed by atoms with E-state index in [9.17, 15) is 13.2 Å². The van der Waals surface area contributed by atoms with Gasteiger partial charge in [-0.1, -0.05) is 17.7 Å². The molecular formula is C23H25NO7S. The Morgan fingerprint density at radius 3 is 2.62 bits per heavy atom. The number of nitrogens with one attached hydrogen (secondary N) is 1. The Labute approximate surface area is 186 Å². The fourth-order valence-electron chi connectivity index (χ4n) is 4.72. The minimum Gasteiger partial charge on any atom is -0.465 e. The number of hydrogen-bond acceptors (Lipinski definition) is 7. The fraction of sp³-hybridized carbons (Fsp3) is 0.435. The molecular weight excluding hydrogens is 434 g/mol. The van der Waals surface area contributed by atoms with Crippen LogP contribution in [0.2, 0.25) is 0 Å². The first kappa shape index (κ1) is 21.2. The maximum Gasteiger partial charge on any atom is 0.324 e. The summed E-state index contributed by atoms with van der Waals surface area (Å²) >= 11 is 0. The molecule has 5 rings (SSSR count). The average Bonchev–Trinajstić information content (AvgIpc) is 3.35. The highest BCUT2D eigenvalue weighted by Gasteiger charge is 2.49. The summed E-state index contributed by atoms with van der Waals surface area (Å²) in [6.07, 6.45) is 0.636. The molecule has 2 aromatic carbocycles. The fourth-order valence-corrected chi connectivity index (χ4v) is 5.95. The Kier molecular flexibility index (Phi) is 5.35. The number of esters is 1. The van der Waals surface area contributed by atoms with Crippen molar-refractivity contribution in [2.75, 3.05) is 13.4 Å². The van der Waals surface area contributed by atoms with Gasteiger partial charge in [0, 0.05) is 5.92 Å². The minimum absolute atomic E-state index is 0.100. The third-order valence-electron chi connectivity index (χ3n) is 6.23. The molecule has 0 radical (unpaired) electrons. The number of sulfonamides is 1. The average molecular weight is 460 g/mol. The molecule has 2 aromatic rings. The van der Waals surface area contributed by atoms with Gasteiger partial charge in [-0.15, -0.1) is 0 Å². The molecule has 3 heterocycles. The van der Waals surface area contributed by atoms with Crippen LogP contribution in [0.25, 0.3) is 0 Å². The Balaban J connectivity index is 1.49. The second kappa shape index (κ2) is 8.06. The van der Waals surface area contributed by atoms with Crippen molar-refractivity contribution < 1.29 is 32.2 Å². The summed E-state index contributed by atoms with van der Waals surface area (Å²) in [5.41, 5.74) is 2.91. The molecule has 1 N–H and O–H groups in total. The first-order chi connectivity index (χ1) is 15.4. The quantitative estimate of drug-likeness (QED) is 0.663. The van der Waals surface area contributed by atoms with Crippen LogP contribution in [-0.2, 0) is 30.7 Å². The molecule has 170 valence electrons. The zero-order valence-corrected chi connectivity index (χ0v) is 18.7. The molecule has 0 aromatic heterocycles. The van der Waals surface area contributed by atoms with E-state index in [2.05, 4.69) is 4.72 Å². The minimum atomic E-state index is -3.94. The topological polar surface area (TPSA) is 100 Å². The molecule has 3 aliphatic heterocycles. The second-order valence-electron chi connectivity index (χ2n) is 8.35. The number of ether oxygens (including phenoxy) is 4. The zero-order chi connectivity index (χ0) is 22.5. The molecule has 32 heavy (non-hydrogen) atoms. The van der Waals surface area contributed by atoms with Crippen molar-refractivity contribution >= 4 is 16.0 Å². The highest BCUT2D eigenvalue weighted by atomic mass is 32.2. The predicted molar refractivity (Wildman–Crippen MR) is 114 cm³/mol. The number of rotatable bonds is 6. The van der Waals surface area contributed by atoms with Crippen molar-refractivity contribution in [2.45, 2.75) is 49.8 Å². The summed E-state index contributed by atoms with van der Waals surface area (Å²) in [5, 5.41) is 0. The largest absolute Gasteiger partial charge is 0.465 e. The number of carbonyl (C=O) groups is 1. The van der Waals surface area contributed by atoms with Crippen LogP contribution in [0.1, 0.15) is 36.1 Å². The van der Waals surface area contributed by atoms with Crippen LogP contribution < -0.4 is 14.2 Å². The summed E-state index contributed by atoms with van der Waals surface area (Å²) in [6, 6.07) is 9.26. The number of carbonyl (C=O) groups excluding carboxylic acids is 1. The first-order valence-corrected chi connectivity index (χ1v) is 12.2. The van der Waals surface area contributed by atoms with Gasteiger partial charge >= 0.3 is 5.97 Å². The van der Waals surface area contributed by atoms with E-state index in [4.69, 9.17) is 18.9 Å². The number of benzene rings is 2. The summed E-state index contributed by atoms with van der Waals surface area (Å²) in [5.74, 6) is 0.306. The van der Waals surface area contributed by atoms with Gasteiger partial charge in [-0.3, -0.25) is 4.79 Å². The second-order valence-corrected chi connectivity index (χ2v) is 10.1. The number of fused-ring (bicyclic) bond motifs is 5. The smallest absolute Gasteiger partial charge is 0.324 e. The lowest BCUT2D eigenvalue weighted by Gasteiger charge is -2.29. The summed E-state index contributed by atoms with van der Waals surface area (Å²) in [4.78, 5) is 13.0. The lowest BCUT2D eigenvalue weighted by molar-refractivity contribution is -0.147. The van der Waals surface area contributed by atoms with Gasteiger partial charge < -0.3 is 18.9 Å². The van der Waals surface area contributed by atoms with Gasteiger partial charge in [-0.05, 0) is 62.1 Å². The molecule has 0 aliphatic carbocycles. The normalized spacial score (nSPS) is 24.1. The van der Waals surface area contributed by atoms with Crippen molar-refractivity contribution in [3.05, 3.63) is 53.1 Å². The highest BCUT2D eigenvalue weighted by Crippen LogP contribution is 2.50. The van der Waals surface area contributed by atoms with E-state index >= 15 is 0 Å². The Hall–Kier alpha value is -2.62. The summed E-state index contributed by atoms with van der Waals surface area (Å²) in [6.45, 7) is 3.89. The molecule has 1 saturated heterocycles. The number of aryl methyl sites for hydroxylation is 1. The van der Waals surface area contributed by atoms with Crippen LogP contribution >= 0.6 is 0 Å². The lowest BCUT2D eigenvalue weighted by atomic mass is 9.88. The Morgan fingerprint density at radius 1 is 1.19 bits per heavy atom. The summed E-state index contributed by atoms with van der Waals surface area (Å²) in [7, 11) is -3.94. The van der Waals surface area contributed by atoms with Crippen molar-refractivity contribution in [2.24, 2.45) is 5.92 Å². The van der Waals surface area contributed by atoms with Crippen LogP contribution in [0.3, 0.4) is 0 Å². The van der Waals surface area contributed by atoms with Crippen LogP contribution in [0.5, 0.6) is 11.5 Å². The van der Waals surface area contributed by atoms with Crippen molar-refractivity contribution in [1.29, 1.82) is 0 Å². The van der Waals surface area contributed by atoms with Gasteiger partial charge in [0.2, 0.25) is 16.8 Å². The lowest BCUT2D eigenvalue weighted by Crippen LogP contribution is -2.47. The van der Waals surface area contributed by atoms with Crippen molar-refractivity contribution in [3.8, 4) is 11.5 Å². The SMILES string of the molecule is CCOC(=O)[C@@H](NS(=O)(=O)c1ccc(C)cc1)[C@@H]1C[C@H]2Cc3cc4c(cc3[C@@H]1O2)OCO4. The van der Waals surface area contributed by atoms with Crippen LogP contribution in [0.4, 0.5) is 0 Å². The molecule has 0 amide bonds. The van der Waals surface area contributed by atoms with Crippen molar-refractivity contribution in [1.82, 2.24) is 4.72 Å². The van der Waals surface area contributed by atoms with Gasteiger partial charge in [0.1, 0.15) is 6.04 Å². The van der Waals surface area contributed by atoms with Crippen LogP contribution in [-0.4, -0.2) is 39.9 Å². The first-order valence-electron chi connectivity index (χ1n) is 10.7.